The van der Waals surface area contributed by atoms with Crippen LogP contribution in [0, 0.1) is 17.3 Å². The van der Waals surface area contributed by atoms with Gasteiger partial charge in [-0.05, 0) is 79.6 Å². The molecule has 2 saturated carbocycles. The van der Waals surface area contributed by atoms with Gasteiger partial charge in [0.15, 0.2) is 5.78 Å². The molecule has 5 atom stereocenters. The number of fused-ring (bicyclic) bond motifs is 4. The quantitative estimate of drug-likeness (QED) is 0.655. The van der Waals surface area contributed by atoms with E-state index in [1.807, 2.05) is 12.2 Å². The summed E-state index contributed by atoms with van der Waals surface area (Å²) in [5.74, 6) is 1.68. The van der Waals surface area contributed by atoms with Crippen molar-refractivity contribution in [3.05, 3.63) is 71.3 Å². The van der Waals surface area contributed by atoms with Crippen LogP contribution in [0.5, 0.6) is 0 Å². The lowest BCUT2D eigenvalue weighted by atomic mass is 9.51. The second-order valence-electron chi connectivity index (χ2n) is 9.97. The first-order valence-electron chi connectivity index (χ1n) is 11.3. The van der Waals surface area contributed by atoms with Crippen molar-refractivity contribution < 1.29 is 9.90 Å². The summed E-state index contributed by atoms with van der Waals surface area (Å²) in [5.41, 5.74) is 5.01. The van der Waals surface area contributed by atoms with E-state index in [9.17, 15) is 9.90 Å². The van der Waals surface area contributed by atoms with Crippen molar-refractivity contribution in [2.75, 3.05) is 0 Å². The molecule has 152 valence electrons. The van der Waals surface area contributed by atoms with Crippen LogP contribution in [0.2, 0.25) is 0 Å². The minimum absolute atomic E-state index is 0.0951. The number of hydrogen-bond donors (Lipinski definition) is 1. The monoisotopic (exact) mass is 388 g/mol. The zero-order chi connectivity index (χ0) is 20.2. The van der Waals surface area contributed by atoms with Crippen molar-refractivity contribution in [1.29, 1.82) is 0 Å². The van der Waals surface area contributed by atoms with Crippen LogP contribution >= 0.6 is 0 Å². The van der Waals surface area contributed by atoms with Crippen molar-refractivity contribution in [3.8, 4) is 0 Å². The van der Waals surface area contributed by atoms with Crippen LogP contribution in [-0.2, 0) is 4.79 Å². The van der Waals surface area contributed by atoms with E-state index in [1.54, 1.807) is 5.57 Å². The number of hydrogen-bond acceptors (Lipinski definition) is 2. The lowest BCUT2D eigenvalue weighted by molar-refractivity contribution is -0.114. The molecule has 0 amide bonds. The standard InChI is InChI=1S/C27H32O2/c1-3-14-27(29)15-13-24-22-11-9-19-16-20(28)10-12-21(19)25(22)23(17-26(24,27)2)18-7-5-4-6-8-18/h3-8,16,22-24,29H,1,9-15,17H2,2H3/t22?,23-,24?,26+,27+/m1/s1. The van der Waals surface area contributed by atoms with E-state index in [0.717, 1.165) is 38.5 Å². The van der Waals surface area contributed by atoms with E-state index in [2.05, 4.69) is 43.8 Å². The van der Waals surface area contributed by atoms with Crippen LogP contribution in [0.1, 0.15) is 69.8 Å². The molecule has 2 nitrogen and oxygen atoms in total. The van der Waals surface area contributed by atoms with Gasteiger partial charge in [-0.25, -0.2) is 0 Å². The van der Waals surface area contributed by atoms with Gasteiger partial charge in [-0.1, -0.05) is 48.9 Å². The van der Waals surface area contributed by atoms with E-state index >= 15 is 0 Å². The van der Waals surface area contributed by atoms with Crippen molar-refractivity contribution >= 4 is 5.78 Å². The lowest BCUT2D eigenvalue weighted by Crippen LogP contribution is -2.51. The van der Waals surface area contributed by atoms with Gasteiger partial charge in [0, 0.05) is 17.8 Å². The zero-order valence-corrected chi connectivity index (χ0v) is 17.5. The fraction of sp³-hybridized carbons (Fsp3) is 0.519. The lowest BCUT2D eigenvalue weighted by Gasteiger charge is -2.55. The Bertz CT molecular complexity index is 908. The van der Waals surface area contributed by atoms with Gasteiger partial charge in [0.25, 0.3) is 0 Å². The molecule has 0 heterocycles. The van der Waals surface area contributed by atoms with Crippen LogP contribution in [0.3, 0.4) is 0 Å². The minimum atomic E-state index is -0.651. The summed E-state index contributed by atoms with van der Waals surface area (Å²) in [6, 6.07) is 10.9. The molecule has 0 radical (unpaired) electrons. The molecule has 0 saturated heterocycles. The zero-order valence-electron chi connectivity index (χ0n) is 17.5. The Hall–Kier alpha value is -1.93. The molecule has 2 unspecified atom stereocenters. The Labute approximate surface area is 174 Å². The molecule has 1 aromatic rings. The van der Waals surface area contributed by atoms with Gasteiger partial charge >= 0.3 is 0 Å². The van der Waals surface area contributed by atoms with E-state index in [1.165, 1.54) is 16.7 Å². The first kappa shape index (κ1) is 19.1. The summed E-state index contributed by atoms with van der Waals surface area (Å²) in [4.78, 5) is 12.1. The highest BCUT2D eigenvalue weighted by Gasteiger charge is 2.62. The Balaban J connectivity index is 1.68. The topological polar surface area (TPSA) is 37.3 Å². The molecule has 4 aliphatic rings. The number of benzene rings is 1. The Morgan fingerprint density at radius 1 is 1.17 bits per heavy atom. The van der Waals surface area contributed by atoms with E-state index in [0.29, 0.717) is 36.4 Å². The first-order valence-corrected chi connectivity index (χ1v) is 11.3. The Morgan fingerprint density at radius 2 is 1.97 bits per heavy atom. The summed E-state index contributed by atoms with van der Waals surface area (Å²) < 4.78 is 0. The summed E-state index contributed by atoms with van der Waals surface area (Å²) in [7, 11) is 0. The Morgan fingerprint density at radius 3 is 2.72 bits per heavy atom. The van der Waals surface area contributed by atoms with Crippen LogP contribution in [0.15, 0.2) is 65.8 Å². The van der Waals surface area contributed by atoms with Crippen LogP contribution in [0.25, 0.3) is 0 Å². The first-order chi connectivity index (χ1) is 14.0. The average molecular weight is 389 g/mol. The summed E-state index contributed by atoms with van der Waals surface area (Å²) in [6.45, 7) is 6.30. The number of aliphatic hydroxyl groups is 1. The predicted octanol–water partition coefficient (Wildman–Crippen LogP) is 5.89. The largest absolute Gasteiger partial charge is 0.389 e. The van der Waals surface area contributed by atoms with Crippen molar-refractivity contribution in [1.82, 2.24) is 0 Å². The maximum absolute atomic E-state index is 12.1. The second-order valence-corrected chi connectivity index (χ2v) is 9.97. The number of carbonyl (C=O) groups is 1. The fourth-order valence-electron chi connectivity index (χ4n) is 7.31. The van der Waals surface area contributed by atoms with Crippen molar-refractivity contribution in [2.24, 2.45) is 17.3 Å². The maximum atomic E-state index is 12.1. The fourth-order valence-corrected chi connectivity index (χ4v) is 7.31. The Kier molecular flexibility index (Phi) is 4.47. The molecule has 4 aliphatic carbocycles. The van der Waals surface area contributed by atoms with Crippen LogP contribution in [0.4, 0.5) is 0 Å². The molecule has 0 aromatic heterocycles. The number of allylic oxidation sites excluding steroid dienone is 4. The highest BCUT2D eigenvalue weighted by Crippen LogP contribution is 2.67. The smallest absolute Gasteiger partial charge is 0.156 e. The van der Waals surface area contributed by atoms with Gasteiger partial charge in [-0.15, -0.1) is 6.58 Å². The molecule has 2 heteroatoms. The second kappa shape index (κ2) is 6.80. The van der Waals surface area contributed by atoms with Crippen LogP contribution in [-0.4, -0.2) is 16.5 Å². The normalized spacial score (nSPS) is 38.8. The molecule has 2 fully saturated rings. The van der Waals surface area contributed by atoms with Gasteiger partial charge < -0.3 is 5.11 Å². The van der Waals surface area contributed by atoms with Gasteiger partial charge in [-0.2, -0.15) is 0 Å². The van der Waals surface area contributed by atoms with Crippen LogP contribution < -0.4 is 0 Å². The molecule has 0 aliphatic heterocycles. The van der Waals surface area contributed by atoms with Crippen molar-refractivity contribution in [3.63, 3.8) is 0 Å². The molecule has 5 rings (SSSR count). The molecular formula is C27H32O2. The SMILES string of the molecule is C=CC[C@]1(O)CCC2C3CCC4=CC(=O)CCC4=C3[C@@H](c3ccccc3)C[C@@]21C. The average Bonchev–Trinajstić information content (AvgIpc) is 2.98. The molecule has 29 heavy (non-hydrogen) atoms. The van der Waals surface area contributed by atoms with Gasteiger partial charge in [0.1, 0.15) is 0 Å². The highest BCUT2D eigenvalue weighted by molar-refractivity contribution is 5.93. The number of rotatable bonds is 3. The summed E-state index contributed by atoms with van der Waals surface area (Å²) in [6.07, 6.45) is 11.2. The third kappa shape index (κ3) is 2.75. The van der Waals surface area contributed by atoms with E-state index < -0.39 is 5.60 Å². The molecule has 0 bridgehead atoms. The third-order valence-corrected chi connectivity index (χ3v) is 8.74. The summed E-state index contributed by atoms with van der Waals surface area (Å²) >= 11 is 0. The highest BCUT2D eigenvalue weighted by atomic mass is 16.3. The van der Waals surface area contributed by atoms with Gasteiger partial charge in [0.2, 0.25) is 0 Å². The molecule has 1 N–H and O–H groups in total. The van der Waals surface area contributed by atoms with Gasteiger partial charge in [-0.3, -0.25) is 4.79 Å². The maximum Gasteiger partial charge on any atom is 0.156 e. The minimum Gasteiger partial charge on any atom is -0.389 e. The van der Waals surface area contributed by atoms with Crippen molar-refractivity contribution in [2.45, 2.75) is 69.8 Å². The van der Waals surface area contributed by atoms with E-state index in [-0.39, 0.29) is 5.41 Å². The number of carbonyl (C=O) groups excluding carboxylic acids is 1. The number of ketones is 1. The molecular weight excluding hydrogens is 356 g/mol. The molecule has 1 aromatic carbocycles. The van der Waals surface area contributed by atoms with Gasteiger partial charge in [0.05, 0.1) is 5.60 Å². The molecule has 0 spiro atoms. The predicted molar refractivity (Wildman–Crippen MR) is 116 cm³/mol. The van der Waals surface area contributed by atoms with E-state index in [4.69, 9.17) is 0 Å². The third-order valence-electron chi connectivity index (χ3n) is 8.74. The summed E-state index contributed by atoms with van der Waals surface area (Å²) in [5, 5.41) is 11.7.